The minimum atomic E-state index is -0.697. The fourth-order valence-electron chi connectivity index (χ4n) is 2.39. The second-order valence-corrected chi connectivity index (χ2v) is 5.28. The van der Waals surface area contributed by atoms with Crippen molar-refractivity contribution < 1.29 is 14.6 Å². The van der Waals surface area contributed by atoms with Gasteiger partial charge in [-0.15, -0.1) is 0 Å². The number of carboxylic acid groups (broad SMARTS) is 1. The van der Waals surface area contributed by atoms with Crippen molar-refractivity contribution in [3.8, 4) is 5.75 Å². The Balaban J connectivity index is 1.99. The summed E-state index contributed by atoms with van der Waals surface area (Å²) in [6.45, 7) is 0.712. The lowest BCUT2D eigenvalue weighted by Crippen LogP contribution is -2.00. The van der Waals surface area contributed by atoms with Gasteiger partial charge in [0.1, 0.15) is 5.75 Å². The van der Waals surface area contributed by atoms with Gasteiger partial charge < -0.3 is 9.84 Å². The van der Waals surface area contributed by atoms with Crippen molar-refractivity contribution in [2.45, 2.75) is 18.8 Å². The zero-order valence-corrected chi connectivity index (χ0v) is 10.2. The van der Waals surface area contributed by atoms with Crippen LogP contribution in [0.1, 0.15) is 23.5 Å². The average molecular weight is 283 g/mol. The van der Waals surface area contributed by atoms with Crippen LogP contribution in [0.15, 0.2) is 16.6 Å². The van der Waals surface area contributed by atoms with E-state index in [4.69, 9.17) is 9.84 Å². The third-order valence-electron chi connectivity index (χ3n) is 3.28. The molecule has 0 saturated heterocycles. The van der Waals surface area contributed by atoms with Gasteiger partial charge in [-0.25, -0.2) is 0 Å². The number of aliphatic carboxylic acids is 1. The maximum atomic E-state index is 10.9. The van der Waals surface area contributed by atoms with Gasteiger partial charge in [-0.05, 0) is 29.7 Å². The molecule has 0 radical (unpaired) electrons. The highest BCUT2D eigenvalue weighted by molar-refractivity contribution is 9.10. The normalized spacial score (nSPS) is 26.1. The molecule has 1 aliphatic carbocycles. The lowest BCUT2D eigenvalue weighted by atomic mass is 10.0. The first-order chi connectivity index (χ1) is 7.66. The van der Waals surface area contributed by atoms with Crippen molar-refractivity contribution in [2.75, 3.05) is 6.61 Å². The van der Waals surface area contributed by atoms with Gasteiger partial charge in [0.2, 0.25) is 0 Å². The molecule has 4 heteroatoms. The first kappa shape index (κ1) is 10.1. The minimum Gasteiger partial charge on any atom is -0.493 e. The Morgan fingerprint density at radius 3 is 3.00 bits per heavy atom. The number of hydrogen-bond acceptors (Lipinski definition) is 2. The van der Waals surface area contributed by atoms with Crippen LogP contribution in [0.25, 0.3) is 0 Å². The molecule has 3 rings (SSSR count). The fraction of sp³-hybridized carbons (Fsp3) is 0.417. The number of ether oxygens (including phenoxy) is 1. The number of hydrogen-bond donors (Lipinski definition) is 1. The molecule has 2 aliphatic rings. The summed E-state index contributed by atoms with van der Waals surface area (Å²) in [7, 11) is 0. The third-order valence-corrected chi connectivity index (χ3v) is 3.74. The molecular weight excluding hydrogens is 272 g/mol. The van der Waals surface area contributed by atoms with Gasteiger partial charge in [0.15, 0.2) is 0 Å². The van der Waals surface area contributed by atoms with Crippen LogP contribution in [0.5, 0.6) is 5.75 Å². The second kappa shape index (κ2) is 3.48. The van der Waals surface area contributed by atoms with E-state index in [1.807, 2.05) is 6.07 Å². The Bertz CT molecular complexity index is 470. The number of rotatable bonds is 2. The molecule has 0 unspecified atom stereocenters. The van der Waals surface area contributed by atoms with E-state index in [1.165, 1.54) is 5.56 Å². The summed E-state index contributed by atoms with van der Waals surface area (Å²) >= 11 is 3.47. The Kier molecular flexibility index (Phi) is 2.21. The summed E-state index contributed by atoms with van der Waals surface area (Å²) in [6.07, 6.45) is 1.66. The number of halogens is 1. The second-order valence-electron chi connectivity index (χ2n) is 4.37. The van der Waals surface area contributed by atoms with Crippen LogP contribution in [0.4, 0.5) is 0 Å². The fourth-order valence-corrected chi connectivity index (χ4v) is 2.91. The number of fused-ring (bicyclic) bond motifs is 1. The van der Waals surface area contributed by atoms with Gasteiger partial charge in [-0.2, -0.15) is 0 Å². The summed E-state index contributed by atoms with van der Waals surface area (Å²) in [5.74, 6) is 0.151. The van der Waals surface area contributed by atoms with Crippen LogP contribution in [-0.2, 0) is 11.2 Å². The van der Waals surface area contributed by atoms with Crippen LogP contribution in [0, 0.1) is 5.92 Å². The smallest absolute Gasteiger partial charge is 0.307 e. The maximum absolute atomic E-state index is 10.9. The molecule has 1 heterocycles. The molecule has 1 N–H and O–H groups in total. The van der Waals surface area contributed by atoms with Gasteiger partial charge in [0.25, 0.3) is 0 Å². The molecular formula is C12H11BrO3. The van der Waals surface area contributed by atoms with Crippen LogP contribution >= 0.6 is 15.9 Å². The van der Waals surface area contributed by atoms with Gasteiger partial charge in [0, 0.05) is 16.8 Å². The van der Waals surface area contributed by atoms with E-state index in [9.17, 15) is 4.79 Å². The molecule has 16 heavy (non-hydrogen) atoms. The molecule has 2 atom stereocenters. The van der Waals surface area contributed by atoms with Crippen molar-refractivity contribution >= 4 is 21.9 Å². The van der Waals surface area contributed by atoms with E-state index in [2.05, 4.69) is 22.0 Å². The number of benzene rings is 1. The lowest BCUT2D eigenvalue weighted by molar-refractivity contribution is -0.138. The van der Waals surface area contributed by atoms with Crippen LogP contribution < -0.4 is 4.74 Å². The molecule has 1 fully saturated rings. The van der Waals surface area contributed by atoms with Crippen molar-refractivity contribution in [2.24, 2.45) is 5.92 Å². The molecule has 1 saturated carbocycles. The Morgan fingerprint density at radius 1 is 1.50 bits per heavy atom. The highest BCUT2D eigenvalue weighted by Gasteiger charge is 2.46. The monoisotopic (exact) mass is 282 g/mol. The molecule has 3 nitrogen and oxygen atoms in total. The topological polar surface area (TPSA) is 46.5 Å². The molecule has 0 amide bonds. The van der Waals surface area contributed by atoms with Gasteiger partial charge >= 0.3 is 5.97 Å². The Hall–Kier alpha value is -1.03. The maximum Gasteiger partial charge on any atom is 0.307 e. The van der Waals surface area contributed by atoms with E-state index in [0.29, 0.717) is 6.61 Å². The summed E-state index contributed by atoms with van der Waals surface area (Å²) in [4.78, 5) is 10.9. The number of carbonyl (C=O) groups is 1. The van der Waals surface area contributed by atoms with E-state index in [1.54, 1.807) is 0 Å². The van der Waals surface area contributed by atoms with Crippen LogP contribution in [-0.4, -0.2) is 17.7 Å². The van der Waals surface area contributed by atoms with Gasteiger partial charge in [-0.1, -0.05) is 15.9 Å². The van der Waals surface area contributed by atoms with E-state index in [0.717, 1.165) is 28.6 Å². The van der Waals surface area contributed by atoms with Crippen LogP contribution in [0.2, 0.25) is 0 Å². The third kappa shape index (κ3) is 1.52. The Labute approximate surface area is 102 Å². The molecule has 1 aromatic carbocycles. The van der Waals surface area contributed by atoms with Crippen molar-refractivity contribution in [3.63, 3.8) is 0 Å². The minimum absolute atomic E-state index is 0.141. The Morgan fingerprint density at radius 2 is 2.31 bits per heavy atom. The summed E-state index contributed by atoms with van der Waals surface area (Å²) in [5.41, 5.74) is 2.26. The highest BCUT2D eigenvalue weighted by Crippen LogP contribution is 2.52. The van der Waals surface area contributed by atoms with Crippen molar-refractivity contribution in [1.82, 2.24) is 0 Å². The predicted octanol–water partition coefficient (Wildman–Crippen LogP) is 2.57. The largest absolute Gasteiger partial charge is 0.493 e. The lowest BCUT2D eigenvalue weighted by Gasteiger charge is -2.08. The van der Waals surface area contributed by atoms with Crippen molar-refractivity contribution in [1.29, 1.82) is 0 Å². The van der Waals surface area contributed by atoms with Crippen molar-refractivity contribution in [3.05, 3.63) is 27.7 Å². The molecule has 0 spiro atoms. The first-order valence-corrected chi connectivity index (χ1v) is 6.14. The average Bonchev–Trinajstić information content (AvgIpc) is 2.89. The van der Waals surface area contributed by atoms with E-state index < -0.39 is 5.97 Å². The first-order valence-electron chi connectivity index (χ1n) is 5.34. The molecule has 84 valence electrons. The molecule has 0 aromatic heterocycles. The quantitative estimate of drug-likeness (QED) is 0.907. The molecule has 0 bridgehead atoms. The molecule has 1 aromatic rings. The van der Waals surface area contributed by atoms with Crippen LogP contribution in [0.3, 0.4) is 0 Å². The predicted molar refractivity (Wildman–Crippen MR) is 61.8 cm³/mol. The van der Waals surface area contributed by atoms with Gasteiger partial charge in [-0.3, -0.25) is 4.79 Å². The van der Waals surface area contributed by atoms with Gasteiger partial charge in [0.05, 0.1) is 12.5 Å². The van der Waals surface area contributed by atoms with E-state index in [-0.39, 0.29) is 11.8 Å². The van der Waals surface area contributed by atoms with E-state index >= 15 is 0 Å². The standard InChI is InChI=1S/C12H11BrO3/c13-7-3-6-1-2-16-11(6)9(4-7)8-5-10(8)12(14)15/h3-4,8,10H,1-2,5H2,(H,14,15)/t8-,10+/m0/s1. The SMILES string of the molecule is O=C(O)[C@@H]1C[C@H]1c1cc(Br)cc2c1OCC2. The zero-order chi connectivity index (χ0) is 11.3. The summed E-state index contributed by atoms with van der Waals surface area (Å²) in [5, 5.41) is 8.95. The summed E-state index contributed by atoms with van der Waals surface area (Å²) in [6, 6.07) is 4.06. The summed E-state index contributed by atoms with van der Waals surface area (Å²) < 4.78 is 6.62. The number of carboxylic acids is 1. The molecule has 1 aliphatic heterocycles. The zero-order valence-electron chi connectivity index (χ0n) is 8.57. The highest BCUT2D eigenvalue weighted by atomic mass is 79.9.